The standard InChI is InChI=1S/C21H23N3O.C4H9NO/c1-23-16-7-5-15(6-8-16)21-19(12-22)18-10-9-17(25-2)11-20(18)24(21)13-14-3-4-14;1-4(2)5-3-6/h5-7,9-11,14,16,23H,3-4,8,13H2,1-2H3;3-4H,1-2H3,(H,5,6). The summed E-state index contributed by atoms with van der Waals surface area (Å²) >= 11 is 0. The van der Waals surface area contributed by atoms with E-state index in [0.29, 0.717) is 12.5 Å². The zero-order valence-electron chi connectivity index (χ0n) is 18.8. The molecule has 1 fully saturated rings. The van der Waals surface area contributed by atoms with Crippen molar-refractivity contribution in [2.24, 2.45) is 5.92 Å². The molecule has 0 saturated heterocycles. The molecule has 0 radical (unpaired) electrons. The van der Waals surface area contributed by atoms with Crippen molar-refractivity contribution in [3.8, 4) is 11.8 Å². The number of allylic oxidation sites excluding steroid dienone is 2. The Bertz CT molecular complexity index is 1020. The lowest BCUT2D eigenvalue weighted by Gasteiger charge is -2.18. The van der Waals surface area contributed by atoms with Gasteiger partial charge in [0.2, 0.25) is 6.41 Å². The molecule has 2 N–H and O–H groups in total. The molecule has 1 unspecified atom stereocenters. The highest BCUT2D eigenvalue weighted by Crippen LogP contribution is 2.38. The van der Waals surface area contributed by atoms with Gasteiger partial charge in [-0.25, -0.2) is 0 Å². The van der Waals surface area contributed by atoms with Gasteiger partial charge in [0.1, 0.15) is 11.8 Å². The first-order valence-electron chi connectivity index (χ1n) is 10.9. The molecule has 6 heteroatoms. The van der Waals surface area contributed by atoms with Crippen LogP contribution in [0.15, 0.2) is 36.4 Å². The van der Waals surface area contributed by atoms with E-state index in [1.165, 1.54) is 12.8 Å². The minimum Gasteiger partial charge on any atom is -0.497 e. The summed E-state index contributed by atoms with van der Waals surface area (Å²) in [5.41, 5.74) is 4.09. The van der Waals surface area contributed by atoms with Crippen LogP contribution in [0.5, 0.6) is 5.75 Å². The number of carbonyl (C=O) groups is 1. The summed E-state index contributed by atoms with van der Waals surface area (Å²) in [5, 5.41) is 16.7. The number of amides is 1. The molecular formula is C25H32N4O2. The van der Waals surface area contributed by atoms with Crippen molar-refractivity contribution in [3.63, 3.8) is 0 Å². The Hall–Kier alpha value is -3.04. The van der Waals surface area contributed by atoms with E-state index >= 15 is 0 Å². The molecular weight excluding hydrogens is 388 g/mol. The molecule has 0 aliphatic heterocycles. The van der Waals surface area contributed by atoms with Crippen LogP contribution in [-0.2, 0) is 11.3 Å². The second kappa shape index (κ2) is 10.3. The van der Waals surface area contributed by atoms with E-state index in [1.807, 2.05) is 33.0 Å². The third-order valence-electron chi connectivity index (χ3n) is 5.67. The first-order chi connectivity index (χ1) is 15.0. The zero-order chi connectivity index (χ0) is 22.4. The average Bonchev–Trinajstić information content (AvgIpc) is 3.55. The predicted octanol–water partition coefficient (Wildman–Crippen LogP) is 4.00. The Morgan fingerprint density at radius 1 is 1.35 bits per heavy atom. The van der Waals surface area contributed by atoms with Gasteiger partial charge in [-0.15, -0.1) is 0 Å². The molecule has 1 aromatic carbocycles. The van der Waals surface area contributed by atoms with Crippen molar-refractivity contribution in [2.45, 2.75) is 51.7 Å². The van der Waals surface area contributed by atoms with Crippen molar-refractivity contribution < 1.29 is 9.53 Å². The van der Waals surface area contributed by atoms with Crippen LogP contribution >= 0.6 is 0 Å². The van der Waals surface area contributed by atoms with E-state index in [2.05, 4.69) is 45.6 Å². The molecule has 2 aliphatic carbocycles. The van der Waals surface area contributed by atoms with Crippen LogP contribution in [0.25, 0.3) is 16.5 Å². The molecule has 0 bridgehead atoms. The number of hydrogen-bond acceptors (Lipinski definition) is 4. The maximum Gasteiger partial charge on any atom is 0.207 e. The van der Waals surface area contributed by atoms with Crippen LogP contribution in [0.2, 0.25) is 0 Å². The molecule has 1 saturated carbocycles. The third kappa shape index (κ3) is 5.36. The van der Waals surface area contributed by atoms with Gasteiger partial charge < -0.3 is 19.9 Å². The molecule has 1 heterocycles. The van der Waals surface area contributed by atoms with Crippen molar-refractivity contribution in [3.05, 3.63) is 47.7 Å². The van der Waals surface area contributed by atoms with Gasteiger partial charge >= 0.3 is 0 Å². The number of fused-ring (bicyclic) bond motifs is 1. The van der Waals surface area contributed by atoms with E-state index in [1.54, 1.807) is 7.11 Å². The van der Waals surface area contributed by atoms with Gasteiger partial charge in [0.05, 0.1) is 23.9 Å². The topological polar surface area (TPSA) is 79.1 Å². The van der Waals surface area contributed by atoms with Gasteiger partial charge in [0.25, 0.3) is 0 Å². The Labute approximate surface area is 184 Å². The number of likely N-dealkylation sites (N-methyl/N-ethyl adjacent to an activating group) is 1. The molecule has 2 aromatic rings. The lowest BCUT2D eigenvalue weighted by Crippen LogP contribution is -2.23. The number of nitriles is 1. The maximum atomic E-state index is 9.88. The largest absolute Gasteiger partial charge is 0.497 e. The number of benzene rings is 1. The van der Waals surface area contributed by atoms with Crippen LogP contribution in [-0.4, -0.2) is 37.2 Å². The summed E-state index contributed by atoms with van der Waals surface area (Å²) in [6.07, 6.45) is 10.8. The van der Waals surface area contributed by atoms with E-state index in [-0.39, 0.29) is 6.04 Å². The Morgan fingerprint density at radius 2 is 2.13 bits per heavy atom. The van der Waals surface area contributed by atoms with E-state index in [9.17, 15) is 10.1 Å². The molecule has 1 aromatic heterocycles. The fraction of sp³-hybridized carbons (Fsp3) is 0.440. The first kappa shape index (κ1) is 22.6. The lowest BCUT2D eigenvalue weighted by molar-refractivity contribution is -0.109. The van der Waals surface area contributed by atoms with Crippen LogP contribution in [0.4, 0.5) is 0 Å². The molecule has 2 aliphatic rings. The molecule has 1 amide bonds. The Balaban J connectivity index is 0.000000401. The summed E-state index contributed by atoms with van der Waals surface area (Å²) < 4.78 is 7.76. The number of nitrogens with one attached hydrogen (secondary N) is 2. The molecule has 6 nitrogen and oxygen atoms in total. The first-order valence-corrected chi connectivity index (χ1v) is 10.9. The summed E-state index contributed by atoms with van der Waals surface area (Å²) in [4.78, 5) is 9.50. The van der Waals surface area contributed by atoms with Crippen molar-refractivity contribution in [1.29, 1.82) is 5.26 Å². The van der Waals surface area contributed by atoms with Gasteiger partial charge in [-0.1, -0.05) is 18.2 Å². The predicted molar refractivity (Wildman–Crippen MR) is 125 cm³/mol. The molecule has 31 heavy (non-hydrogen) atoms. The number of ether oxygens (including phenoxy) is 1. The van der Waals surface area contributed by atoms with Crippen molar-refractivity contribution >= 4 is 22.9 Å². The Morgan fingerprint density at radius 3 is 2.61 bits per heavy atom. The normalized spacial score (nSPS) is 17.5. The quantitative estimate of drug-likeness (QED) is 0.664. The highest BCUT2D eigenvalue weighted by molar-refractivity contribution is 5.95. The second-order valence-electron chi connectivity index (χ2n) is 8.36. The van der Waals surface area contributed by atoms with Crippen LogP contribution in [0, 0.1) is 17.2 Å². The minimum atomic E-state index is 0.280. The van der Waals surface area contributed by atoms with Gasteiger partial charge in [-0.05, 0) is 63.8 Å². The van der Waals surface area contributed by atoms with Gasteiger partial charge in [-0.3, -0.25) is 4.79 Å². The fourth-order valence-corrected chi connectivity index (χ4v) is 3.76. The highest BCUT2D eigenvalue weighted by Gasteiger charge is 2.27. The van der Waals surface area contributed by atoms with E-state index in [0.717, 1.165) is 52.4 Å². The number of aromatic nitrogens is 1. The molecule has 0 spiro atoms. The van der Waals surface area contributed by atoms with Gasteiger partial charge in [0, 0.05) is 30.1 Å². The number of rotatable bonds is 7. The zero-order valence-corrected chi connectivity index (χ0v) is 18.8. The number of methoxy groups -OCH3 is 1. The van der Waals surface area contributed by atoms with Gasteiger partial charge in [0.15, 0.2) is 0 Å². The highest BCUT2D eigenvalue weighted by atomic mass is 16.5. The van der Waals surface area contributed by atoms with E-state index < -0.39 is 0 Å². The van der Waals surface area contributed by atoms with Gasteiger partial charge in [-0.2, -0.15) is 5.26 Å². The third-order valence-corrected chi connectivity index (χ3v) is 5.67. The second-order valence-corrected chi connectivity index (χ2v) is 8.36. The van der Waals surface area contributed by atoms with Crippen LogP contribution in [0.3, 0.4) is 0 Å². The maximum absolute atomic E-state index is 9.88. The Kier molecular flexibility index (Phi) is 7.54. The minimum absolute atomic E-state index is 0.280. The number of carbonyl (C=O) groups excluding carboxylic acids is 1. The number of nitrogens with zero attached hydrogens (tertiary/aromatic N) is 2. The molecule has 164 valence electrons. The summed E-state index contributed by atoms with van der Waals surface area (Å²) in [7, 11) is 3.66. The van der Waals surface area contributed by atoms with Crippen molar-refractivity contribution in [1.82, 2.24) is 15.2 Å². The summed E-state index contributed by atoms with van der Waals surface area (Å²) in [6.45, 7) is 4.80. The smallest absolute Gasteiger partial charge is 0.207 e. The van der Waals surface area contributed by atoms with Crippen LogP contribution in [0.1, 0.15) is 44.4 Å². The van der Waals surface area contributed by atoms with Crippen molar-refractivity contribution in [2.75, 3.05) is 14.2 Å². The lowest BCUT2D eigenvalue weighted by atomic mass is 9.98. The SMILES string of the molecule is CC(C)NC=O.CNC1C=CC(c2c(C#N)c3ccc(OC)cc3n2CC2CC2)=CC1. The monoisotopic (exact) mass is 420 g/mol. The summed E-state index contributed by atoms with van der Waals surface area (Å²) in [6, 6.07) is 9.13. The summed E-state index contributed by atoms with van der Waals surface area (Å²) in [5.74, 6) is 1.56. The molecule has 4 rings (SSSR count). The number of hydrogen-bond donors (Lipinski definition) is 2. The van der Waals surface area contributed by atoms with Crippen LogP contribution < -0.4 is 15.4 Å². The van der Waals surface area contributed by atoms with E-state index in [4.69, 9.17) is 4.74 Å². The molecule has 1 atom stereocenters. The average molecular weight is 421 g/mol. The fourth-order valence-electron chi connectivity index (χ4n) is 3.76.